The first-order valence-corrected chi connectivity index (χ1v) is 3.00. The molecule has 0 saturated carbocycles. The highest BCUT2D eigenvalue weighted by molar-refractivity contribution is 5.36. The lowest BCUT2D eigenvalue weighted by Gasteiger charge is -2.14. The highest BCUT2D eigenvalue weighted by atomic mass is 16.5. The van der Waals surface area contributed by atoms with Crippen molar-refractivity contribution in [3.05, 3.63) is 29.5 Å². The largest absolute Gasteiger partial charge is 0.629 e. The van der Waals surface area contributed by atoms with Crippen LogP contribution in [0.2, 0.25) is 0 Å². The molecule has 0 aliphatic carbocycles. The number of benzene rings is 1. The van der Waals surface area contributed by atoms with E-state index in [1.807, 2.05) is 0 Å². The van der Waals surface area contributed by atoms with Gasteiger partial charge in [0.05, 0.1) is 7.05 Å². The van der Waals surface area contributed by atoms with Crippen LogP contribution in [0.15, 0.2) is 24.3 Å². The van der Waals surface area contributed by atoms with Gasteiger partial charge < -0.3 is 15.4 Å². The Bertz CT molecular complexity index is 223. The molecule has 3 nitrogen and oxygen atoms in total. The van der Waals surface area contributed by atoms with E-state index in [2.05, 4.69) is 0 Å². The molecular formula is C7H9NO2. The summed E-state index contributed by atoms with van der Waals surface area (Å²) in [5, 5.41) is 19.6. The molecule has 0 spiro atoms. The molecule has 0 fully saturated rings. The van der Waals surface area contributed by atoms with Gasteiger partial charge in [0.25, 0.3) is 0 Å². The Morgan fingerprint density at radius 3 is 2.60 bits per heavy atom. The minimum Gasteiger partial charge on any atom is -0.629 e. The van der Waals surface area contributed by atoms with Gasteiger partial charge in [-0.15, -0.1) is 0 Å². The van der Waals surface area contributed by atoms with Crippen LogP contribution in [0.4, 0.5) is 5.69 Å². The van der Waals surface area contributed by atoms with E-state index in [1.54, 1.807) is 12.1 Å². The predicted octanol–water partition coefficient (Wildman–Crippen LogP) is 0.0362. The zero-order chi connectivity index (χ0) is 7.56. The Morgan fingerprint density at radius 2 is 2.20 bits per heavy atom. The molecule has 54 valence electrons. The van der Waals surface area contributed by atoms with Gasteiger partial charge in [-0.1, -0.05) is 6.07 Å². The molecule has 2 N–H and O–H groups in total. The average Bonchev–Trinajstić information content (AvgIpc) is 1.88. The minimum atomic E-state index is -0.0316. The SMILES string of the molecule is C[NH+]([O-])c1cccc(O)c1. The van der Waals surface area contributed by atoms with Crippen molar-refractivity contribution < 1.29 is 10.2 Å². The molecule has 0 radical (unpaired) electrons. The number of quaternary nitrogens is 1. The smallest absolute Gasteiger partial charge is 0.134 e. The van der Waals surface area contributed by atoms with Gasteiger partial charge in [0, 0.05) is 6.07 Å². The zero-order valence-corrected chi connectivity index (χ0v) is 5.66. The topological polar surface area (TPSA) is 47.7 Å². The lowest BCUT2D eigenvalue weighted by atomic mass is 10.3. The van der Waals surface area contributed by atoms with Crippen LogP contribution in [0.25, 0.3) is 0 Å². The highest BCUT2D eigenvalue weighted by Gasteiger charge is 1.95. The third kappa shape index (κ3) is 1.46. The Hall–Kier alpha value is -1.06. The third-order valence-corrected chi connectivity index (χ3v) is 1.25. The summed E-state index contributed by atoms with van der Waals surface area (Å²) in [6, 6.07) is 6.29. The molecule has 1 atom stereocenters. The van der Waals surface area contributed by atoms with Crippen LogP contribution < -0.4 is 5.06 Å². The summed E-state index contributed by atoms with van der Waals surface area (Å²) in [5.74, 6) is 0.132. The van der Waals surface area contributed by atoms with Crippen LogP contribution in [0.5, 0.6) is 5.75 Å². The molecule has 0 saturated heterocycles. The van der Waals surface area contributed by atoms with Crippen LogP contribution in [0.3, 0.4) is 0 Å². The maximum Gasteiger partial charge on any atom is 0.134 e. The zero-order valence-electron chi connectivity index (χ0n) is 5.66. The molecule has 1 rings (SSSR count). The second kappa shape index (κ2) is 2.68. The number of phenolic OH excluding ortho intramolecular Hbond substituents is 1. The molecule has 0 bridgehead atoms. The number of aromatic hydroxyl groups is 1. The Kier molecular flexibility index (Phi) is 1.89. The van der Waals surface area contributed by atoms with Crippen LogP contribution in [-0.4, -0.2) is 12.2 Å². The van der Waals surface area contributed by atoms with Crippen LogP contribution in [-0.2, 0) is 0 Å². The first kappa shape index (κ1) is 7.05. The number of hydroxylamine groups is 1. The molecule has 10 heavy (non-hydrogen) atoms. The van der Waals surface area contributed by atoms with Crippen molar-refractivity contribution in [3.63, 3.8) is 0 Å². The van der Waals surface area contributed by atoms with E-state index in [-0.39, 0.29) is 10.8 Å². The molecular weight excluding hydrogens is 130 g/mol. The van der Waals surface area contributed by atoms with E-state index in [4.69, 9.17) is 5.11 Å². The highest BCUT2D eigenvalue weighted by Crippen LogP contribution is 2.10. The van der Waals surface area contributed by atoms with Gasteiger partial charge in [-0.3, -0.25) is 0 Å². The summed E-state index contributed by atoms with van der Waals surface area (Å²) >= 11 is 0. The van der Waals surface area contributed by atoms with Gasteiger partial charge >= 0.3 is 0 Å². The lowest BCUT2D eigenvalue weighted by Crippen LogP contribution is -2.98. The normalized spacial score (nSPS) is 13.0. The van der Waals surface area contributed by atoms with Crippen molar-refractivity contribution in [1.29, 1.82) is 0 Å². The number of hydrogen-bond donors (Lipinski definition) is 2. The number of rotatable bonds is 1. The quantitative estimate of drug-likeness (QED) is 0.539. The van der Waals surface area contributed by atoms with Crippen molar-refractivity contribution in [2.24, 2.45) is 0 Å². The van der Waals surface area contributed by atoms with Gasteiger partial charge in [0.1, 0.15) is 11.4 Å². The summed E-state index contributed by atoms with van der Waals surface area (Å²) in [4.78, 5) is 0. The van der Waals surface area contributed by atoms with Crippen LogP contribution in [0.1, 0.15) is 0 Å². The maximum atomic E-state index is 10.7. The molecule has 3 heteroatoms. The summed E-state index contributed by atoms with van der Waals surface area (Å²) in [6.07, 6.45) is 0. The molecule has 1 unspecified atom stereocenters. The standard InChI is InChI=1S/C7H9NO2/c1-8(10)6-3-2-4-7(9)5-6/h2-5,8-9H,1H3. The Morgan fingerprint density at radius 1 is 1.50 bits per heavy atom. The molecule has 0 aliphatic rings. The molecule has 0 amide bonds. The molecule has 1 aromatic rings. The molecule has 0 heterocycles. The fourth-order valence-corrected chi connectivity index (χ4v) is 0.725. The fourth-order valence-electron chi connectivity index (χ4n) is 0.725. The van der Waals surface area contributed by atoms with Crippen molar-refractivity contribution in [1.82, 2.24) is 0 Å². The summed E-state index contributed by atoms with van der Waals surface area (Å²) in [6.45, 7) is 0. The lowest BCUT2D eigenvalue weighted by molar-refractivity contribution is -0.751. The second-order valence-corrected chi connectivity index (χ2v) is 2.11. The van der Waals surface area contributed by atoms with Crippen LogP contribution >= 0.6 is 0 Å². The van der Waals surface area contributed by atoms with Gasteiger partial charge in [-0.2, -0.15) is 0 Å². The molecule has 0 aliphatic heterocycles. The van der Waals surface area contributed by atoms with Crippen LogP contribution in [0, 0.1) is 5.21 Å². The van der Waals surface area contributed by atoms with Crippen molar-refractivity contribution in [2.75, 3.05) is 7.05 Å². The van der Waals surface area contributed by atoms with Gasteiger partial charge in [-0.05, 0) is 12.1 Å². The molecule has 1 aromatic carbocycles. The maximum absolute atomic E-state index is 10.7. The van der Waals surface area contributed by atoms with E-state index < -0.39 is 0 Å². The van der Waals surface area contributed by atoms with Gasteiger partial charge in [-0.25, -0.2) is 0 Å². The van der Waals surface area contributed by atoms with Crippen molar-refractivity contribution in [3.8, 4) is 5.75 Å². The van der Waals surface area contributed by atoms with E-state index in [9.17, 15) is 5.21 Å². The van der Waals surface area contributed by atoms with Gasteiger partial charge in [0.15, 0.2) is 0 Å². The van der Waals surface area contributed by atoms with E-state index in [0.717, 1.165) is 0 Å². The number of hydrogen-bond acceptors (Lipinski definition) is 2. The third-order valence-electron chi connectivity index (χ3n) is 1.25. The Labute approximate surface area is 59.1 Å². The monoisotopic (exact) mass is 139 g/mol. The van der Waals surface area contributed by atoms with E-state index in [1.165, 1.54) is 19.2 Å². The fraction of sp³-hybridized carbons (Fsp3) is 0.143. The number of nitrogens with one attached hydrogen (secondary N) is 1. The van der Waals surface area contributed by atoms with Gasteiger partial charge in [0.2, 0.25) is 0 Å². The van der Waals surface area contributed by atoms with Crippen molar-refractivity contribution >= 4 is 5.69 Å². The summed E-state index contributed by atoms with van der Waals surface area (Å²) < 4.78 is 0. The summed E-state index contributed by atoms with van der Waals surface area (Å²) in [7, 11) is 1.47. The predicted molar refractivity (Wildman–Crippen MR) is 38.0 cm³/mol. The first-order chi connectivity index (χ1) is 4.70. The second-order valence-electron chi connectivity index (χ2n) is 2.11. The summed E-state index contributed by atoms with van der Waals surface area (Å²) in [5.41, 5.74) is 0.542. The van der Waals surface area contributed by atoms with E-state index in [0.29, 0.717) is 5.69 Å². The minimum absolute atomic E-state index is 0.0316. The Balaban J connectivity index is 2.96. The molecule has 0 aromatic heterocycles. The average molecular weight is 139 g/mol. The first-order valence-electron chi connectivity index (χ1n) is 3.00. The van der Waals surface area contributed by atoms with Crippen molar-refractivity contribution in [2.45, 2.75) is 0 Å². The number of phenols is 1. The van der Waals surface area contributed by atoms with E-state index >= 15 is 0 Å².